The smallest absolute Gasteiger partial charge is 0.230 e. The molecule has 1 saturated carbocycles. The lowest BCUT2D eigenvalue weighted by Crippen LogP contribution is -2.57. The van der Waals surface area contributed by atoms with Crippen molar-refractivity contribution in [2.24, 2.45) is 17.1 Å². The highest BCUT2D eigenvalue weighted by Gasteiger charge is 2.48. The molecule has 2 rings (SSSR count). The predicted molar refractivity (Wildman–Crippen MR) is 64.9 cm³/mol. The van der Waals surface area contributed by atoms with Gasteiger partial charge in [-0.25, -0.2) is 0 Å². The molecule has 1 amide bonds. The van der Waals surface area contributed by atoms with Crippen LogP contribution >= 0.6 is 0 Å². The van der Waals surface area contributed by atoms with Gasteiger partial charge in [0.2, 0.25) is 5.91 Å². The molecule has 0 spiro atoms. The standard InChI is InChI=1S/C13H24N2O/c1-12(2,13(3,4)14)11(16)15-8-9-5-6-10(15)7-9/h9-10H,5-8,14H2,1-4H3. The molecule has 1 aliphatic carbocycles. The summed E-state index contributed by atoms with van der Waals surface area (Å²) in [5, 5.41) is 0. The van der Waals surface area contributed by atoms with E-state index in [1.165, 1.54) is 19.3 Å². The molecule has 92 valence electrons. The fourth-order valence-corrected chi connectivity index (χ4v) is 2.81. The van der Waals surface area contributed by atoms with Gasteiger partial charge in [-0.05, 0) is 52.9 Å². The first kappa shape index (κ1) is 11.9. The Labute approximate surface area is 98.4 Å². The van der Waals surface area contributed by atoms with Crippen molar-refractivity contribution in [3.8, 4) is 0 Å². The fraction of sp³-hybridized carbons (Fsp3) is 0.923. The summed E-state index contributed by atoms with van der Waals surface area (Å²) in [5.41, 5.74) is 5.19. The van der Waals surface area contributed by atoms with Crippen molar-refractivity contribution in [2.45, 2.75) is 58.5 Å². The minimum absolute atomic E-state index is 0.243. The van der Waals surface area contributed by atoms with Gasteiger partial charge in [0.1, 0.15) is 0 Å². The van der Waals surface area contributed by atoms with E-state index in [4.69, 9.17) is 5.73 Å². The molecule has 2 aliphatic rings. The van der Waals surface area contributed by atoms with Crippen LogP contribution in [0.1, 0.15) is 47.0 Å². The highest BCUT2D eigenvalue weighted by molar-refractivity contribution is 5.84. The average molecular weight is 224 g/mol. The Bertz CT molecular complexity index is 304. The van der Waals surface area contributed by atoms with E-state index in [2.05, 4.69) is 4.90 Å². The molecular weight excluding hydrogens is 200 g/mol. The molecule has 0 aromatic rings. The zero-order chi connectivity index (χ0) is 12.1. The van der Waals surface area contributed by atoms with E-state index in [-0.39, 0.29) is 5.91 Å². The zero-order valence-corrected chi connectivity index (χ0v) is 10.9. The fourth-order valence-electron chi connectivity index (χ4n) is 2.81. The lowest BCUT2D eigenvalue weighted by Gasteiger charge is -2.42. The Balaban J connectivity index is 2.14. The number of piperidine rings is 1. The zero-order valence-electron chi connectivity index (χ0n) is 10.9. The Morgan fingerprint density at radius 1 is 1.25 bits per heavy atom. The summed E-state index contributed by atoms with van der Waals surface area (Å²) in [4.78, 5) is 14.6. The number of hydrogen-bond donors (Lipinski definition) is 1. The second-order valence-corrected chi connectivity index (χ2v) is 6.64. The van der Waals surface area contributed by atoms with Crippen LogP contribution in [0, 0.1) is 11.3 Å². The van der Waals surface area contributed by atoms with E-state index in [0.29, 0.717) is 6.04 Å². The van der Waals surface area contributed by atoms with Gasteiger partial charge in [-0.1, -0.05) is 0 Å². The van der Waals surface area contributed by atoms with Crippen molar-refractivity contribution in [1.82, 2.24) is 4.90 Å². The monoisotopic (exact) mass is 224 g/mol. The third-order valence-corrected chi connectivity index (χ3v) is 4.82. The van der Waals surface area contributed by atoms with Gasteiger partial charge >= 0.3 is 0 Å². The summed E-state index contributed by atoms with van der Waals surface area (Å²) in [6, 6.07) is 0.499. The van der Waals surface area contributed by atoms with Crippen LogP contribution in [-0.2, 0) is 4.79 Å². The van der Waals surface area contributed by atoms with Crippen molar-refractivity contribution in [3.05, 3.63) is 0 Å². The van der Waals surface area contributed by atoms with E-state index >= 15 is 0 Å². The second-order valence-electron chi connectivity index (χ2n) is 6.64. The third-order valence-electron chi connectivity index (χ3n) is 4.82. The predicted octanol–water partition coefficient (Wildman–Crippen LogP) is 1.76. The molecule has 2 fully saturated rings. The van der Waals surface area contributed by atoms with Crippen molar-refractivity contribution >= 4 is 5.91 Å². The SMILES string of the molecule is CC(C)(N)C(C)(C)C(=O)N1CC2CCC1C2. The summed E-state index contributed by atoms with van der Waals surface area (Å²) in [6.45, 7) is 8.80. The molecule has 2 unspecified atom stereocenters. The maximum atomic E-state index is 12.5. The molecule has 2 N–H and O–H groups in total. The highest BCUT2D eigenvalue weighted by Crippen LogP contribution is 2.41. The number of hydrogen-bond acceptors (Lipinski definition) is 2. The van der Waals surface area contributed by atoms with E-state index in [0.717, 1.165) is 12.5 Å². The van der Waals surface area contributed by atoms with Crippen LogP contribution in [0.5, 0.6) is 0 Å². The van der Waals surface area contributed by atoms with Gasteiger partial charge in [0.25, 0.3) is 0 Å². The molecule has 0 radical (unpaired) electrons. The molecule has 1 heterocycles. The van der Waals surface area contributed by atoms with E-state index in [9.17, 15) is 4.79 Å². The van der Waals surface area contributed by atoms with Crippen LogP contribution in [0.2, 0.25) is 0 Å². The normalized spacial score (nSPS) is 29.9. The van der Waals surface area contributed by atoms with E-state index in [1.54, 1.807) is 0 Å². The molecule has 0 aromatic carbocycles. The van der Waals surface area contributed by atoms with Gasteiger partial charge in [0.05, 0.1) is 5.41 Å². The average Bonchev–Trinajstić information content (AvgIpc) is 2.75. The molecule has 2 atom stereocenters. The quantitative estimate of drug-likeness (QED) is 0.777. The van der Waals surface area contributed by atoms with Gasteiger partial charge in [0, 0.05) is 18.1 Å². The van der Waals surface area contributed by atoms with Gasteiger partial charge in [-0.15, -0.1) is 0 Å². The van der Waals surface area contributed by atoms with E-state index < -0.39 is 11.0 Å². The summed E-state index contributed by atoms with van der Waals surface area (Å²) in [5.74, 6) is 0.998. The maximum Gasteiger partial charge on any atom is 0.230 e. The first-order chi connectivity index (χ1) is 7.23. The largest absolute Gasteiger partial charge is 0.339 e. The number of fused-ring (bicyclic) bond motifs is 2. The van der Waals surface area contributed by atoms with Gasteiger partial charge in [-0.2, -0.15) is 0 Å². The topological polar surface area (TPSA) is 46.3 Å². The number of amides is 1. The highest BCUT2D eigenvalue weighted by atomic mass is 16.2. The summed E-state index contributed by atoms with van der Waals surface area (Å²) in [6.07, 6.45) is 3.71. The summed E-state index contributed by atoms with van der Waals surface area (Å²) in [7, 11) is 0. The molecule has 1 saturated heterocycles. The molecule has 0 aromatic heterocycles. The third kappa shape index (κ3) is 1.65. The van der Waals surface area contributed by atoms with Crippen LogP contribution in [0.15, 0.2) is 0 Å². The number of nitrogens with zero attached hydrogens (tertiary/aromatic N) is 1. The van der Waals surface area contributed by atoms with Crippen LogP contribution in [0.4, 0.5) is 0 Å². The van der Waals surface area contributed by atoms with E-state index in [1.807, 2.05) is 27.7 Å². The maximum absolute atomic E-state index is 12.5. The number of carbonyl (C=O) groups is 1. The van der Waals surface area contributed by atoms with Crippen LogP contribution in [-0.4, -0.2) is 28.9 Å². The van der Waals surface area contributed by atoms with Crippen molar-refractivity contribution in [3.63, 3.8) is 0 Å². The van der Waals surface area contributed by atoms with Crippen LogP contribution in [0.25, 0.3) is 0 Å². The molecule has 3 heteroatoms. The first-order valence-electron chi connectivity index (χ1n) is 6.33. The second kappa shape index (κ2) is 3.46. The minimum Gasteiger partial charge on any atom is -0.339 e. The minimum atomic E-state index is -0.475. The van der Waals surface area contributed by atoms with Gasteiger partial charge in [-0.3, -0.25) is 4.79 Å². The lowest BCUT2D eigenvalue weighted by atomic mass is 9.74. The van der Waals surface area contributed by atoms with Gasteiger partial charge in [0.15, 0.2) is 0 Å². The molecule has 3 nitrogen and oxygen atoms in total. The number of nitrogens with two attached hydrogens (primary N) is 1. The molecular formula is C13H24N2O. The van der Waals surface area contributed by atoms with Crippen LogP contribution in [0.3, 0.4) is 0 Å². The Hall–Kier alpha value is -0.570. The molecule has 2 bridgehead atoms. The Kier molecular flexibility index (Phi) is 2.57. The number of rotatable bonds is 2. The van der Waals surface area contributed by atoms with Crippen molar-refractivity contribution in [1.29, 1.82) is 0 Å². The molecule has 16 heavy (non-hydrogen) atoms. The first-order valence-corrected chi connectivity index (χ1v) is 6.33. The number of likely N-dealkylation sites (tertiary alicyclic amines) is 1. The van der Waals surface area contributed by atoms with Gasteiger partial charge < -0.3 is 10.6 Å². The molecule has 1 aliphatic heterocycles. The lowest BCUT2D eigenvalue weighted by molar-refractivity contribution is -0.145. The Morgan fingerprint density at radius 2 is 1.88 bits per heavy atom. The number of carbonyl (C=O) groups excluding carboxylic acids is 1. The van der Waals surface area contributed by atoms with Crippen LogP contribution < -0.4 is 5.73 Å². The summed E-state index contributed by atoms with van der Waals surface area (Å²) >= 11 is 0. The Morgan fingerprint density at radius 3 is 2.25 bits per heavy atom. The van der Waals surface area contributed by atoms with Crippen molar-refractivity contribution in [2.75, 3.05) is 6.54 Å². The summed E-state index contributed by atoms with van der Waals surface area (Å²) < 4.78 is 0. The van der Waals surface area contributed by atoms with Crippen molar-refractivity contribution < 1.29 is 4.79 Å².